The van der Waals surface area contributed by atoms with Crippen LogP contribution >= 0.6 is 12.2 Å². The number of carbonyl (C=O) groups is 1. The Hall–Kier alpha value is -1.02. The summed E-state index contributed by atoms with van der Waals surface area (Å²) in [7, 11) is 0. The second-order valence-electron chi connectivity index (χ2n) is 5.05. The Bertz CT molecular complexity index is 373. The van der Waals surface area contributed by atoms with Gasteiger partial charge in [0.25, 0.3) is 0 Å². The van der Waals surface area contributed by atoms with Crippen molar-refractivity contribution in [3.8, 4) is 0 Å². The lowest BCUT2D eigenvalue weighted by atomic mass is 9.88. The highest BCUT2D eigenvalue weighted by molar-refractivity contribution is 7.80. The van der Waals surface area contributed by atoms with Crippen LogP contribution in [0.25, 0.3) is 0 Å². The molecule has 0 fully saturated rings. The maximum Gasteiger partial charge on any atom is 0.142 e. The summed E-state index contributed by atoms with van der Waals surface area (Å²) in [4.78, 5) is 12.6. The number of hydrogen-bond donors (Lipinski definition) is 0. The first-order valence-corrected chi connectivity index (χ1v) is 5.89. The number of hydrogen-bond acceptors (Lipinski definition) is 2. The van der Waals surface area contributed by atoms with Crippen LogP contribution in [0.1, 0.15) is 32.8 Å². The number of rotatable bonds is 4. The third kappa shape index (κ3) is 4.23. The van der Waals surface area contributed by atoms with Gasteiger partial charge in [0.15, 0.2) is 0 Å². The lowest BCUT2D eigenvalue weighted by Gasteiger charge is -2.19. The highest BCUT2D eigenvalue weighted by Gasteiger charge is 2.19. The molecule has 86 valence electrons. The molecule has 0 saturated carbocycles. The van der Waals surface area contributed by atoms with Crippen molar-refractivity contribution in [3.63, 3.8) is 0 Å². The van der Waals surface area contributed by atoms with Crippen molar-refractivity contribution >= 4 is 22.9 Å². The molecule has 0 atom stereocenters. The number of thiocarbonyl (C=S) groups is 1. The van der Waals surface area contributed by atoms with Crippen LogP contribution < -0.4 is 0 Å². The summed E-state index contributed by atoms with van der Waals surface area (Å²) in [5.74, 6) is 0.200. The Morgan fingerprint density at radius 3 is 2.25 bits per heavy atom. The minimum atomic E-state index is -0.0539. The van der Waals surface area contributed by atoms with Crippen LogP contribution in [0.15, 0.2) is 30.3 Å². The van der Waals surface area contributed by atoms with E-state index in [1.807, 2.05) is 51.1 Å². The fourth-order valence-corrected chi connectivity index (χ4v) is 1.49. The van der Waals surface area contributed by atoms with Crippen molar-refractivity contribution in [1.29, 1.82) is 0 Å². The molecule has 0 radical (unpaired) electrons. The highest BCUT2D eigenvalue weighted by atomic mass is 32.1. The molecule has 0 aliphatic rings. The molecule has 0 N–H and O–H groups in total. The molecular weight excluding hydrogens is 216 g/mol. The molecule has 16 heavy (non-hydrogen) atoms. The number of benzene rings is 1. The molecule has 0 saturated heterocycles. The Morgan fingerprint density at radius 2 is 1.75 bits per heavy atom. The third-order valence-electron chi connectivity index (χ3n) is 2.44. The lowest BCUT2D eigenvalue weighted by molar-refractivity contribution is -0.117. The summed E-state index contributed by atoms with van der Waals surface area (Å²) in [6, 6.07) is 9.79. The normalized spacial score (nSPS) is 11.2. The summed E-state index contributed by atoms with van der Waals surface area (Å²) in [5, 5.41) is 0. The molecule has 0 aromatic heterocycles. The number of ketones is 1. The highest BCUT2D eigenvalue weighted by Crippen LogP contribution is 2.19. The van der Waals surface area contributed by atoms with Gasteiger partial charge in [-0.25, -0.2) is 0 Å². The topological polar surface area (TPSA) is 17.1 Å². The summed E-state index contributed by atoms with van der Waals surface area (Å²) in [5.41, 5.74) is 1.01. The first-order chi connectivity index (χ1) is 7.39. The standard InChI is InChI=1S/C14H18OS/c1-14(2,3)13(16)10-12(15)9-11-7-5-4-6-8-11/h4-8H,9-10H2,1-3H3. The van der Waals surface area contributed by atoms with Crippen molar-refractivity contribution in [2.45, 2.75) is 33.6 Å². The van der Waals surface area contributed by atoms with E-state index >= 15 is 0 Å². The van der Waals surface area contributed by atoms with E-state index in [9.17, 15) is 4.79 Å². The van der Waals surface area contributed by atoms with Gasteiger partial charge in [0, 0.05) is 17.7 Å². The summed E-state index contributed by atoms with van der Waals surface area (Å²) < 4.78 is 0. The molecule has 0 aliphatic heterocycles. The SMILES string of the molecule is CC(C)(C)C(=S)CC(=O)Cc1ccccc1. The average Bonchev–Trinajstić information content (AvgIpc) is 2.17. The monoisotopic (exact) mass is 234 g/mol. The maximum atomic E-state index is 11.8. The van der Waals surface area contributed by atoms with E-state index in [2.05, 4.69) is 0 Å². The van der Waals surface area contributed by atoms with Gasteiger partial charge in [-0.05, 0) is 11.0 Å². The summed E-state index contributed by atoms with van der Waals surface area (Å²) in [6.07, 6.45) is 0.894. The van der Waals surface area contributed by atoms with Gasteiger partial charge in [-0.3, -0.25) is 4.79 Å². The van der Waals surface area contributed by atoms with E-state index in [0.717, 1.165) is 10.4 Å². The molecular formula is C14H18OS. The van der Waals surface area contributed by atoms with Gasteiger partial charge in [-0.15, -0.1) is 0 Å². The van der Waals surface area contributed by atoms with Gasteiger partial charge in [0.2, 0.25) is 0 Å². The molecule has 1 nitrogen and oxygen atoms in total. The molecule has 2 heteroatoms. The van der Waals surface area contributed by atoms with Gasteiger partial charge in [-0.2, -0.15) is 0 Å². The average molecular weight is 234 g/mol. The first-order valence-electron chi connectivity index (χ1n) is 5.48. The Morgan fingerprint density at radius 1 is 1.19 bits per heavy atom. The molecule has 0 amide bonds. The van der Waals surface area contributed by atoms with Crippen LogP contribution in [0.5, 0.6) is 0 Å². The van der Waals surface area contributed by atoms with Crippen LogP contribution in [-0.4, -0.2) is 10.6 Å². The second kappa shape index (κ2) is 5.35. The van der Waals surface area contributed by atoms with E-state index < -0.39 is 0 Å². The minimum Gasteiger partial charge on any atom is -0.299 e. The molecule has 0 spiro atoms. The third-order valence-corrected chi connectivity index (χ3v) is 3.20. The van der Waals surface area contributed by atoms with Crippen molar-refractivity contribution in [1.82, 2.24) is 0 Å². The first kappa shape index (κ1) is 13.0. The Kier molecular flexibility index (Phi) is 4.36. The van der Waals surface area contributed by atoms with Crippen molar-refractivity contribution in [2.75, 3.05) is 0 Å². The van der Waals surface area contributed by atoms with E-state index in [1.54, 1.807) is 0 Å². The van der Waals surface area contributed by atoms with Gasteiger partial charge in [0.1, 0.15) is 5.78 Å². The number of Topliss-reactive ketones (excluding diaryl/α,β-unsaturated/α-hetero) is 1. The van der Waals surface area contributed by atoms with Crippen molar-refractivity contribution < 1.29 is 4.79 Å². The van der Waals surface area contributed by atoms with Crippen LogP contribution in [0.4, 0.5) is 0 Å². The van der Waals surface area contributed by atoms with E-state index in [-0.39, 0.29) is 11.2 Å². The Balaban J connectivity index is 2.52. The zero-order valence-electron chi connectivity index (χ0n) is 10.1. The minimum absolute atomic E-state index is 0.0539. The molecule has 1 aromatic rings. The van der Waals surface area contributed by atoms with Crippen LogP contribution in [0.3, 0.4) is 0 Å². The van der Waals surface area contributed by atoms with E-state index in [1.165, 1.54) is 0 Å². The van der Waals surface area contributed by atoms with Crippen molar-refractivity contribution in [2.24, 2.45) is 5.41 Å². The molecule has 0 unspecified atom stereocenters. The zero-order chi connectivity index (χ0) is 12.2. The van der Waals surface area contributed by atoms with E-state index in [4.69, 9.17) is 12.2 Å². The molecule has 0 heterocycles. The fourth-order valence-electron chi connectivity index (χ4n) is 1.33. The zero-order valence-corrected chi connectivity index (χ0v) is 10.9. The van der Waals surface area contributed by atoms with Crippen LogP contribution in [-0.2, 0) is 11.2 Å². The van der Waals surface area contributed by atoms with Gasteiger partial charge in [-0.1, -0.05) is 63.3 Å². The smallest absolute Gasteiger partial charge is 0.142 e. The van der Waals surface area contributed by atoms with Gasteiger partial charge >= 0.3 is 0 Å². The Labute approximate surface area is 103 Å². The fraction of sp³-hybridized carbons (Fsp3) is 0.429. The second-order valence-corrected chi connectivity index (χ2v) is 5.54. The van der Waals surface area contributed by atoms with Crippen LogP contribution in [0.2, 0.25) is 0 Å². The predicted octanol–water partition coefficient (Wildman–Crippen LogP) is 3.60. The predicted molar refractivity (Wildman–Crippen MR) is 71.8 cm³/mol. The van der Waals surface area contributed by atoms with E-state index in [0.29, 0.717) is 12.8 Å². The molecule has 1 rings (SSSR count). The molecule has 0 bridgehead atoms. The largest absolute Gasteiger partial charge is 0.299 e. The molecule has 0 aliphatic carbocycles. The maximum absolute atomic E-state index is 11.8. The van der Waals surface area contributed by atoms with Crippen LogP contribution in [0, 0.1) is 5.41 Å². The summed E-state index contributed by atoms with van der Waals surface area (Å²) in [6.45, 7) is 6.14. The summed E-state index contributed by atoms with van der Waals surface area (Å²) >= 11 is 5.26. The van der Waals surface area contributed by atoms with Gasteiger partial charge in [0.05, 0.1) is 0 Å². The van der Waals surface area contributed by atoms with Crippen molar-refractivity contribution in [3.05, 3.63) is 35.9 Å². The van der Waals surface area contributed by atoms with Gasteiger partial charge < -0.3 is 0 Å². The lowest BCUT2D eigenvalue weighted by Crippen LogP contribution is -2.22. The molecule has 1 aromatic carbocycles. The quantitative estimate of drug-likeness (QED) is 0.740. The number of carbonyl (C=O) groups excluding carboxylic acids is 1.